The number of anilines is 2. The van der Waals surface area contributed by atoms with Crippen LogP contribution in [0.1, 0.15) is 28.7 Å². The fourth-order valence-electron chi connectivity index (χ4n) is 5.77. The number of rotatable bonds is 6. The molecule has 3 atom stereocenters. The van der Waals surface area contributed by atoms with Gasteiger partial charge in [0.2, 0.25) is 0 Å². The highest BCUT2D eigenvalue weighted by atomic mass is 19.4. The van der Waals surface area contributed by atoms with Gasteiger partial charge in [-0.25, -0.2) is 0 Å². The van der Waals surface area contributed by atoms with Crippen LogP contribution in [0.15, 0.2) is 72.8 Å². The Hall–Kier alpha value is -3.03. The molecule has 4 nitrogen and oxygen atoms in total. The first-order valence-electron chi connectivity index (χ1n) is 12.3. The Morgan fingerprint density at radius 2 is 1.81 bits per heavy atom. The standard InChI is InChI=1S/C29H31F3N2O2/c1-20-6-4-7-21(14-20)16-28(22-8-5-9-23(15-22)33-13-12-24(35)17-33)19-34(18-27(36)29(30,31)32)26-11-3-2-10-25(26)28/h2-11,14-15,24,27,35-36H,12-13,16-19H2,1H3/t24?,27-,28?/m1/s1. The smallest absolute Gasteiger partial charge is 0.391 e. The van der Waals surface area contributed by atoms with Crippen molar-refractivity contribution in [3.63, 3.8) is 0 Å². The quantitative estimate of drug-likeness (QED) is 0.513. The van der Waals surface area contributed by atoms with Crippen LogP contribution in [0.5, 0.6) is 0 Å². The Morgan fingerprint density at radius 3 is 2.53 bits per heavy atom. The number of benzene rings is 3. The van der Waals surface area contributed by atoms with Crippen molar-refractivity contribution in [2.75, 3.05) is 36.0 Å². The highest BCUT2D eigenvalue weighted by Crippen LogP contribution is 2.48. The van der Waals surface area contributed by atoms with Crippen molar-refractivity contribution in [2.24, 2.45) is 0 Å². The average molecular weight is 497 g/mol. The zero-order chi connectivity index (χ0) is 25.5. The Balaban J connectivity index is 1.61. The molecule has 1 fully saturated rings. The van der Waals surface area contributed by atoms with Gasteiger partial charge in [-0.1, -0.05) is 60.2 Å². The highest BCUT2D eigenvalue weighted by molar-refractivity contribution is 5.68. The molecule has 1 saturated heterocycles. The molecule has 2 N–H and O–H groups in total. The molecule has 2 aliphatic rings. The third-order valence-corrected chi connectivity index (χ3v) is 7.51. The van der Waals surface area contributed by atoms with Crippen LogP contribution in [0.3, 0.4) is 0 Å². The first-order valence-corrected chi connectivity index (χ1v) is 12.3. The minimum Gasteiger partial charge on any atom is -0.391 e. The molecule has 5 rings (SSSR count). The lowest BCUT2D eigenvalue weighted by Gasteiger charge is -2.33. The van der Waals surface area contributed by atoms with Gasteiger partial charge in [-0.15, -0.1) is 0 Å². The van der Waals surface area contributed by atoms with E-state index in [2.05, 4.69) is 23.1 Å². The minimum atomic E-state index is -4.69. The molecular weight excluding hydrogens is 465 g/mol. The predicted octanol–water partition coefficient (Wildman–Crippen LogP) is 4.84. The molecule has 36 heavy (non-hydrogen) atoms. The Kier molecular flexibility index (Phi) is 6.47. The first kappa shape index (κ1) is 24.7. The normalized spacial score (nSPS) is 22.7. The maximum Gasteiger partial charge on any atom is 0.416 e. The molecular formula is C29H31F3N2O2. The van der Waals surface area contributed by atoms with Crippen LogP contribution in [0.4, 0.5) is 24.5 Å². The van der Waals surface area contributed by atoms with E-state index < -0.39 is 24.2 Å². The summed E-state index contributed by atoms with van der Waals surface area (Å²) < 4.78 is 40.0. The van der Waals surface area contributed by atoms with Crippen molar-refractivity contribution in [1.82, 2.24) is 0 Å². The van der Waals surface area contributed by atoms with Gasteiger partial charge in [0.15, 0.2) is 6.10 Å². The lowest BCUT2D eigenvalue weighted by atomic mass is 9.71. The molecule has 0 saturated carbocycles. The van der Waals surface area contributed by atoms with Crippen molar-refractivity contribution in [3.8, 4) is 0 Å². The number of aliphatic hydroxyl groups is 2. The monoisotopic (exact) mass is 496 g/mol. The molecule has 0 bridgehead atoms. The molecule has 0 aliphatic carbocycles. The maximum absolute atomic E-state index is 13.3. The summed E-state index contributed by atoms with van der Waals surface area (Å²) in [6.07, 6.45) is -6.16. The molecule has 2 heterocycles. The number of fused-ring (bicyclic) bond motifs is 1. The predicted molar refractivity (Wildman–Crippen MR) is 136 cm³/mol. The maximum atomic E-state index is 13.3. The van der Waals surface area contributed by atoms with Crippen LogP contribution < -0.4 is 9.80 Å². The molecule has 2 unspecified atom stereocenters. The van der Waals surface area contributed by atoms with Gasteiger partial charge in [-0.2, -0.15) is 13.2 Å². The summed E-state index contributed by atoms with van der Waals surface area (Å²) in [5.41, 5.74) is 5.31. The molecule has 3 aromatic rings. The molecule has 3 aromatic carbocycles. The van der Waals surface area contributed by atoms with Gasteiger partial charge in [0.05, 0.1) is 12.6 Å². The fourth-order valence-corrected chi connectivity index (χ4v) is 5.77. The minimum absolute atomic E-state index is 0.319. The van der Waals surface area contributed by atoms with Crippen LogP contribution in [0, 0.1) is 6.92 Å². The third kappa shape index (κ3) is 4.70. The fraction of sp³-hybridized carbons (Fsp3) is 0.379. The van der Waals surface area contributed by atoms with Crippen LogP contribution in [-0.2, 0) is 11.8 Å². The van der Waals surface area contributed by atoms with Crippen LogP contribution in [0.2, 0.25) is 0 Å². The number of alkyl halides is 3. The topological polar surface area (TPSA) is 46.9 Å². The van der Waals surface area contributed by atoms with Gasteiger partial charge >= 0.3 is 6.18 Å². The van der Waals surface area contributed by atoms with Gasteiger partial charge in [0.1, 0.15) is 0 Å². The zero-order valence-electron chi connectivity index (χ0n) is 20.2. The second-order valence-corrected chi connectivity index (χ2v) is 10.1. The SMILES string of the molecule is Cc1cccc(CC2(c3cccc(N4CCC(O)C4)c3)CN(C[C@@H](O)C(F)(F)F)c3ccccc32)c1. The number of hydrogen-bond donors (Lipinski definition) is 2. The number of nitrogens with zero attached hydrogens (tertiary/aromatic N) is 2. The molecule has 2 aliphatic heterocycles. The molecule has 7 heteroatoms. The second kappa shape index (κ2) is 9.45. The molecule has 0 aromatic heterocycles. The van der Waals surface area contributed by atoms with E-state index in [-0.39, 0.29) is 6.10 Å². The van der Waals surface area contributed by atoms with Gasteiger partial charge < -0.3 is 20.0 Å². The molecule has 0 spiro atoms. The Labute approximate surface area is 209 Å². The van der Waals surface area contributed by atoms with E-state index in [1.807, 2.05) is 61.5 Å². The molecule has 0 amide bonds. The number of β-amino-alcohol motifs (C(OH)–C–C–N with tert-alkyl or cyclic N) is 2. The van der Waals surface area contributed by atoms with Crippen molar-refractivity contribution in [2.45, 2.75) is 43.6 Å². The van der Waals surface area contributed by atoms with Crippen molar-refractivity contribution in [1.29, 1.82) is 0 Å². The summed E-state index contributed by atoms with van der Waals surface area (Å²) >= 11 is 0. The van der Waals surface area contributed by atoms with Gasteiger partial charge in [0.25, 0.3) is 0 Å². The van der Waals surface area contributed by atoms with E-state index in [9.17, 15) is 23.4 Å². The van der Waals surface area contributed by atoms with E-state index in [1.54, 1.807) is 4.90 Å². The number of aryl methyl sites for hydroxylation is 1. The summed E-state index contributed by atoms with van der Waals surface area (Å²) in [6, 6.07) is 24.0. The number of hydrogen-bond acceptors (Lipinski definition) is 4. The Bertz CT molecular complexity index is 1230. The summed E-state index contributed by atoms with van der Waals surface area (Å²) in [4.78, 5) is 3.83. The molecule has 0 radical (unpaired) electrons. The van der Waals surface area contributed by atoms with Crippen LogP contribution in [0.25, 0.3) is 0 Å². The largest absolute Gasteiger partial charge is 0.416 e. The first-order chi connectivity index (χ1) is 17.2. The van der Waals surface area contributed by atoms with E-state index in [4.69, 9.17) is 0 Å². The lowest BCUT2D eigenvalue weighted by molar-refractivity contribution is -0.200. The second-order valence-electron chi connectivity index (χ2n) is 10.1. The number of aliphatic hydroxyl groups excluding tert-OH is 2. The van der Waals surface area contributed by atoms with E-state index in [0.29, 0.717) is 25.9 Å². The van der Waals surface area contributed by atoms with Gasteiger partial charge in [-0.3, -0.25) is 0 Å². The van der Waals surface area contributed by atoms with E-state index in [1.165, 1.54) is 0 Å². The highest BCUT2D eigenvalue weighted by Gasteiger charge is 2.47. The van der Waals surface area contributed by atoms with E-state index >= 15 is 0 Å². The third-order valence-electron chi connectivity index (χ3n) is 7.51. The average Bonchev–Trinajstić information content (AvgIpc) is 3.41. The summed E-state index contributed by atoms with van der Waals surface area (Å²) in [5.74, 6) is 0. The summed E-state index contributed by atoms with van der Waals surface area (Å²) in [7, 11) is 0. The summed E-state index contributed by atoms with van der Waals surface area (Å²) in [5, 5.41) is 20.0. The lowest BCUT2D eigenvalue weighted by Crippen LogP contribution is -2.44. The van der Waals surface area contributed by atoms with Crippen molar-refractivity contribution >= 4 is 11.4 Å². The van der Waals surface area contributed by atoms with Crippen molar-refractivity contribution < 1.29 is 23.4 Å². The number of para-hydroxylation sites is 1. The van der Waals surface area contributed by atoms with Crippen LogP contribution in [-0.4, -0.2) is 54.8 Å². The van der Waals surface area contributed by atoms with Crippen molar-refractivity contribution in [3.05, 3.63) is 95.1 Å². The molecule has 190 valence electrons. The zero-order valence-corrected chi connectivity index (χ0v) is 20.2. The van der Waals surface area contributed by atoms with E-state index in [0.717, 1.165) is 40.2 Å². The van der Waals surface area contributed by atoms with Gasteiger partial charge in [0, 0.05) is 36.4 Å². The van der Waals surface area contributed by atoms with Gasteiger partial charge in [-0.05, 0) is 54.7 Å². The van der Waals surface area contributed by atoms with Crippen LogP contribution >= 0.6 is 0 Å². The summed E-state index contributed by atoms with van der Waals surface area (Å²) in [6.45, 7) is 3.16. The number of halogens is 3. The Morgan fingerprint density at radius 1 is 1.03 bits per heavy atom.